The maximum atomic E-state index is 11.9. The van der Waals surface area contributed by atoms with Gasteiger partial charge in [0.15, 0.2) is 0 Å². The van der Waals surface area contributed by atoms with E-state index >= 15 is 0 Å². The van der Waals surface area contributed by atoms with Gasteiger partial charge in [0.1, 0.15) is 0 Å². The van der Waals surface area contributed by atoms with Crippen LogP contribution < -0.4 is 10.6 Å². The zero-order valence-electron chi connectivity index (χ0n) is 11.9. The van der Waals surface area contributed by atoms with E-state index in [1.165, 1.54) is 0 Å². The number of pyridine rings is 1. The summed E-state index contributed by atoms with van der Waals surface area (Å²) in [5, 5.41) is 6.78. The number of aryl methyl sites for hydroxylation is 1. The molecule has 2 rings (SSSR count). The highest BCUT2D eigenvalue weighted by atomic mass is 35.5. The van der Waals surface area contributed by atoms with Crippen molar-refractivity contribution in [1.82, 2.24) is 10.3 Å². The molecule has 0 atom stereocenters. The Morgan fingerprint density at radius 3 is 2.90 bits per heavy atom. The molecule has 0 radical (unpaired) electrons. The van der Waals surface area contributed by atoms with Crippen LogP contribution in [0, 0.1) is 6.92 Å². The monoisotopic (exact) mass is 303 g/mol. The van der Waals surface area contributed by atoms with Crippen molar-refractivity contribution in [1.29, 1.82) is 0 Å². The van der Waals surface area contributed by atoms with Crippen molar-refractivity contribution in [3.05, 3.63) is 58.9 Å². The Bertz CT molecular complexity index is 602. The third kappa shape index (κ3) is 5.17. The second-order valence-corrected chi connectivity index (χ2v) is 5.23. The molecule has 0 aliphatic rings. The SMILES string of the molecule is Cc1cc(Cl)ccc1NC(=O)CCNCc1cccnc1. The Morgan fingerprint density at radius 2 is 2.19 bits per heavy atom. The smallest absolute Gasteiger partial charge is 0.225 e. The van der Waals surface area contributed by atoms with E-state index < -0.39 is 0 Å². The van der Waals surface area contributed by atoms with Gasteiger partial charge >= 0.3 is 0 Å². The predicted octanol–water partition coefficient (Wildman–Crippen LogP) is 3.16. The van der Waals surface area contributed by atoms with Gasteiger partial charge < -0.3 is 10.6 Å². The Balaban J connectivity index is 1.72. The molecule has 5 heteroatoms. The summed E-state index contributed by atoms with van der Waals surface area (Å²) in [5.74, 6) is -0.0147. The number of nitrogens with one attached hydrogen (secondary N) is 2. The number of hydrogen-bond acceptors (Lipinski definition) is 3. The van der Waals surface area contributed by atoms with Crippen molar-refractivity contribution in [3.63, 3.8) is 0 Å². The standard InChI is InChI=1S/C16H18ClN3O/c1-12-9-14(17)4-5-15(12)20-16(21)6-8-19-11-13-3-2-7-18-10-13/h2-5,7,9-10,19H,6,8,11H2,1H3,(H,20,21). The summed E-state index contributed by atoms with van der Waals surface area (Å²) < 4.78 is 0. The molecule has 2 aromatic rings. The third-order valence-electron chi connectivity index (χ3n) is 3.04. The maximum absolute atomic E-state index is 11.9. The normalized spacial score (nSPS) is 10.4. The molecule has 2 N–H and O–H groups in total. The van der Waals surface area contributed by atoms with Crippen LogP contribution in [-0.2, 0) is 11.3 Å². The van der Waals surface area contributed by atoms with Crippen molar-refractivity contribution in [2.24, 2.45) is 0 Å². The number of carbonyl (C=O) groups is 1. The number of rotatable bonds is 6. The van der Waals surface area contributed by atoms with Crippen molar-refractivity contribution in [2.45, 2.75) is 19.9 Å². The van der Waals surface area contributed by atoms with Crippen LogP contribution in [0.15, 0.2) is 42.7 Å². The molecule has 0 saturated heterocycles. The second kappa shape index (κ2) is 7.76. The molecule has 0 spiro atoms. The first-order valence-electron chi connectivity index (χ1n) is 6.81. The van der Waals surface area contributed by atoms with E-state index in [4.69, 9.17) is 11.6 Å². The van der Waals surface area contributed by atoms with Gasteiger partial charge in [-0.05, 0) is 42.3 Å². The molecule has 1 amide bonds. The van der Waals surface area contributed by atoms with Crippen LogP contribution in [0.3, 0.4) is 0 Å². The lowest BCUT2D eigenvalue weighted by molar-refractivity contribution is -0.116. The number of aromatic nitrogens is 1. The predicted molar refractivity (Wildman–Crippen MR) is 85.4 cm³/mol. The lowest BCUT2D eigenvalue weighted by Crippen LogP contribution is -2.21. The summed E-state index contributed by atoms with van der Waals surface area (Å²) in [7, 11) is 0. The fraction of sp³-hybridized carbons (Fsp3) is 0.250. The number of carbonyl (C=O) groups excluding carboxylic acids is 1. The second-order valence-electron chi connectivity index (χ2n) is 4.80. The summed E-state index contributed by atoms with van der Waals surface area (Å²) in [5.41, 5.74) is 2.86. The zero-order valence-corrected chi connectivity index (χ0v) is 12.7. The van der Waals surface area contributed by atoms with Crippen LogP contribution in [0.1, 0.15) is 17.5 Å². The number of hydrogen-bond donors (Lipinski definition) is 2. The summed E-state index contributed by atoms with van der Waals surface area (Å²) in [6, 6.07) is 9.31. The highest BCUT2D eigenvalue weighted by molar-refractivity contribution is 6.30. The average Bonchev–Trinajstić information content (AvgIpc) is 2.48. The quantitative estimate of drug-likeness (QED) is 0.806. The van der Waals surface area contributed by atoms with E-state index in [0.29, 0.717) is 24.5 Å². The van der Waals surface area contributed by atoms with Crippen LogP contribution in [0.4, 0.5) is 5.69 Å². The van der Waals surface area contributed by atoms with E-state index in [-0.39, 0.29) is 5.91 Å². The van der Waals surface area contributed by atoms with Crippen molar-refractivity contribution >= 4 is 23.2 Å². The number of halogens is 1. The summed E-state index contributed by atoms with van der Waals surface area (Å²) in [6.07, 6.45) is 3.97. The largest absolute Gasteiger partial charge is 0.326 e. The van der Waals surface area contributed by atoms with Crippen LogP contribution >= 0.6 is 11.6 Å². The first-order valence-corrected chi connectivity index (χ1v) is 7.18. The van der Waals surface area contributed by atoms with Crippen LogP contribution in [0.5, 0.6) is 0 Å². The Morgan fingerprint density at radius 1 is 1.33 bits per heavy atom. The van der Waals surface area contributed by atoms with Gasteiger partial charge in [0, 0.05) is 42.6 Å². The number of anilines is 1. The van der Waals surface area contributed by atoms with Gasteiger partial charge in [-0.2, -0.15) is 0 Å². The highest BCUT2D eigenvalue weighted by Gasteiger charge is 2.05. The Labute approximate surface area is 129 Å². The van der Waals surface area contributed by atoms with Crippen LogP contribution in [0.25, 0.3) is 0 Å². The first-order chi connectivity index (χ1) is 10.1. The molecule has 0 saturated carbocycles. The minimum absolute atomic E-state index is 0.0147. The molecule has 0 fully saturated rings. The lowest BCUT2D eigenvalue weighted by Gasteiger charge is -2.09. The Kier molecular flexibility index (Phi) is 5.72. The Hall–Kier alpha value is -1.91. The highest BCUT2D eigenvalue weighted by Crippen LogP contribution is 2.19. The molecule has 110 valence electrons. The van der Waals surface area contributed by atoms with Crippen molar-refractivity contribution in [2.75, 3.05) is 11.9 Å². The topological polar surface area (TPSA) is 54.0 Å². The minimum atomic E-state index is -0.0147. The molecule has 0 unspecified atom stereocenters. The van der Waals surface area contributed by atoms with Gasteiger partial charge in [-0.1, -0.05) is 17.7 Å². The molecule has 4 nitrogen and oxygen atoms in total. The van der Waals surface area contributed by atoms with Crippen molar-refractivity contribution < 1.29 is 4.79 Å². The third-order valence-corrected chi connectivity index (χ3v) is 3.28. The van der Waals surface area contributed by atoms with Crippen molar-refractivity contribution in [3.8, 4) is 0 Å². The van der Waals surface area contributed by atoms with E-state index in [1.807, 2.05) is 37.4 Å². The molecular formula is C16H18ClN3O. The zero-order chi connectivity index (χ0) is 15.1. The minimum Gasteiger partial charge on any atom is -0.326 e. The number of benzene rings is 1. The molecule has 0 aliphatic carbocycles. The van der Waals surface area contributed by atoms with E-state index in [9.17, 15) is 4.79 Å². The molecule has 1 aromatic heterocycles. The molecule has 0 aliphatic heterocycles. The van der Waals surface area contributed by atoms with Gasteiger partial charge in [-0.3, -0.25) is 9.78 Å². The van der Waals surface area contributed by atoms with Crippen LogP contribution in [0.2, 0.25) is 5.02 Å². The summed E-state index contributed by atoms with van der Waals surface area (Å²) >= 11 is 5.89. The molecule has 0 bridgehead atoms. The summed E-state index contributed by atoms with van der Waals surface area (Å²) in [6.45, 7) is 3.25. The fourth-order valence-electron chi connectivity index (χ4n) is 1.92. The number of nitrogens with zero attached hydrogens (tertiary/aromatic N) is 1. The van der Waals surface area contributed by atoms with Gasteiger partial charge in [0.05, 0.1) is 0 Å². The van der Waals surface area contributed by atoms with Gasteiger partial charge in [-0.15, -0.1) is 0 Å². The molecule has 1 heterocycles. The number of amides is 1. The van der Waals surface area contributed by atoms with Gasteiger partial charge in [0.25, 0.3) is 0 Å². The molecule has 21 heavy (non-hydrogen) atoms. The molecule has 1 aromatic carbocycles. The summed E-state index contributed by atoms with van der Waals surface area (Å²) in [4.78, 5) is 15.9. The van der Waals surface area contributed by atoms with E-state index in [1.54, 1.807) is 12.3 Å². The first kappa shape index (κ1) is 15.5. The van der Waals surface area contributed by atoms with Gasteiger partial charge in [-0.25, -0.2) is 0 Å². The fourth-order valence-corrected chi connectivity index (χ4v) is 2.14. The van der Waals surface area contributed by atoms with Crippen LogP contribution in [-0.4, -0.2) is 17.4 Å². The lowest BCUT2D eigenvalue weighted by atomic mass is 10.2. The van der Waals surface area contributed by atoms with Gasteiger partial charge in [0.2, 0.25) is 5.91 Å². The van der Waals surface area contributed by atoms with E-state index in [0.717, 1.165) is 16.8 Å². The molecular weight excluding hydrogens is 286 g/mol. The maximum Gasteiger partial charge on any atom is 0.225 e. The average molecular weight is 304 g/mol. The van der Waals surface area contributed by atoms with E-state index in [2.05, 4.69) is 15.6 Å².